The molecule has 3 nitrogen and oxygen atoms in total. The summed E-state index contributed by atoms with van der Waals surface area (Å²) >= 11 is 0. The largest absolute Gasteiger partial charge is 0.469 e. The molecule has 1 aliphatic heterocycles. The molecule has 0 aromatic carbocycles. The molecule has 1 aliphatic rings. The third-order valence-corrected chi connectivity index (χ3v) is 3.17. The molecule has 1 aromatic rings. The summed E-state index contributed by atoms with van der Waals surface area (Å²) in [6.07, 6.45) is 6.00. The maximum atomic E-state index is 5.26. The van der Waals surface area contributed by atoms with E-state index in [9.17, 15) is 0 Å². The molecule has 1 N–H and O–H groups in total. The average molecular weight is 222 g/mol. The molecule has 0 amide bonds. The quantitative estimate of drug-likeness (QED) is 0.774. The van der Waals surface area contributed by atoms with Crippen LogP contribution in [-0.2, 0) is 6.54 Å². The van der Waals surface area contributed by atoms with E-state index in [1.54, 1.807) is 0 Å². The molecule has 16 heavy (non-hydrogen) atoms. The van der Waals surface area contributed by atoms with Crippen molar-refractivity contribution in [3.63, 3.8) is 0 Å². The zero-order valence-corrected chi connectivity index (χ0v) is 10.2. The Morgan fingerprint density at radius 2 is 2.12 bits per heavy atom. The predicted molar refractivity (Wildman–Crippen MR) is 65.4 cm³/mol. The van der Waals surface area contributed by atoms with E-state index < -0.39 is 0 Å². The Labute approximate surface area is 97.8 Å². The maximum Gasteiger partial charge on any atom is 0.101 e. The van der Waals surface area contributed by atoms with E-state index in [0.29, 0.717) is 0 Å². The number of nitrogens with zero attached hydrogens (tertiary/aromatic N) is 1. The van der Waals surface area contributed by atoms with Crippen molar-refractivity contribution in [2.75, 3.05) is 26.2 Å². The fourth-order valence-electron chi connectivity index (χ4n) is 2.24. The summed E-state index contributed by atoms with van der Waals surface area (Å²) in [6, 6.07) is 2.09. The van der Waals surface area contributed by atoms with Crippen molar-refractivity contribution in [1.29, 1.82) is 0 Å². The fraction of sp³-hybridized carbons (Fsp3) is 0.692. The molecule has 1 aromatic heterocycles. The molecule has 2 rings (SSSR count). The third kappa shape index (κ3) is 3.65. The summed E-state index contributed by atoms with van der Waals surface area (Å²) in [6.45, 7) is 7.72. The van der Waals surface area contributed by atoms with Gasteiger partial charge in [0, 0.05) is 25.2 Å². The zero-order chi connectivity index (χ0) is 11.2. The number of hydrogen-bond donors (Lipinski definition) is 1. The highest BCUT2D eigenvalue weighted by Gasteiger charge is 2.08. The summed E-state index contributed by atoms with van der Waals surface area (Å²) in [5.41, 5.74) is 1.25. The zero-order valence-electron chi connectivity index (χ0n) is 10.2. The number of nitrogens with one attached hydrogen (secondary N) is 1. The van der Waals surface area contributed by atoms with Gasteiger partial charge in [-0.05, 0) is 38.9 Å². The second-order valence-corrected chi connectivity index (χ2v) is 4.64. The van der Waals surface area contributed by atoms with Crippen LogP contribution in [0.25, 0.3) is 0 Å². The van der Waals surface area contributed by atoms with Crippen molar-refractivity contribution in [3.8, 4) is 0 Å². The first-order valence-corrected chi connectivity index (χ1v) is 6.32. The second kappa shape index (κ2) is 6.06. The Morgan fingerprint density at radius 1 is 1.31 bits per heavy atom. The summed E-state index contributed by atoms with van der Waals surface area (Å²) in [5, 5.41) is 3.46. The van der Waals surface area contributed by atoms with Gasteiger partial charge in [-0.3, -0.25) is 0 Å². The molecule has 0 atom stereocenters. The number of likely N-dealkylation sites (tertiary alicyclic amines) is 1. The van der Waals surface area contributed by atoms with Crippen molar-refractivity contribution in [3.05, 3.63) is 23.7 Å². The van der Waals surface area contributed by atoms with Crippen LogP contribution in [0.5, 0.6) is 0 Å². The molecule has 0 saturated carbocycles. The van der Waals surface area contributed by atoms with E-state index >= 15 is 0 Å². The van der Waals surface area contributed by atoms with Crippen molar-refractivity contribution in [2.24, 2.45) is 0 Å². The minimum Gasteiger partial charge on any atom is -0.469 e. The summed E-state index contributed by atoms with van der Waals surface area (Å²) < 4.78 is 5.26. The second-order valence-electron chi connectivity index (χ2n) is 4.64. The van der Waals surface area contributed by atoms with E-state index in [2.05, 4.69) is 16.3 Å². The molecule has 0 radical (unpaired) electrons. The van der Waals surface area contributed by atoms with E-state index in [1.165, 1.54) is 44.5 Å². The van der Waals surface area contributed by atoms with Crippen LogP contribution in [0.15, 0.2) is 16.7 Å². The number of hydrogen-bond acceptors (Lipinski definition) is 3. The minimum atomic E-state index is 0.922. The lowest BCUT2D eigenvalue weighted by atomic mass is 10.1. The molecule has 0 bridgehead atoms. The standard InChI is InChI=1S/C13H22N2O/c1-12-9-13(11-16-12)10-14-5-8-15-6-3-2-4-7-15/h9,11,14H,2-8,10H2,1H3. The Morgan fingerprint density at radius 3 is 2.81 bits per heavy atom. The van der Waals surface area contributed by atoms with E-state index in [-0.39, 0.29) is 0 Å². The van der Waals surface area contributed by atoms with E-state index in [1.807, 2.05) is 13.2 Å². The van der Waals surface area contributed by atoms with Gasteiger partial charge in [-0.15, -0.1) is 0 Å². The normalized spacial score (nSPS) is 17.8. The number of aryl methyl sites for hydroxylation is 1. The predicted octanol–water partition coefficient (Wildman–Crippen LogP) is 2.16. The molecule has 0 aliphatic carbocycles. The minimum absolute atomic E-state index is 0.922. The monoisotopic (exact) mass is 222 g/mol. The fourth-order valence-corrected chi connectivity index (χ4v) is 2.24. The summed E-state index contributed by atoms with van der Waals surface area (Å²) in [7, 11) is 0. The molecular weight excluding hydrogens is 200 g/mol. The molecule has 2 heterocycles. The van der Waals surface area contributed by atoms with Crippen LogP contribution < -0.4 is 5.32 Å². The smallest absolute Gasteiger partial charge is 0.101 e. The molecule has 1 saturated heterocycles. The Balaban J connectivity index is 1.57. The highest BCUT2D eigenvalue weighted by molar-refractivity contribution is 5.11. The molecule has 90 valence electrons. The first-order valence-electron chi connectivity index (χ1n) is 6.32. The van der Waals surface area contributed by atoms with Crippen LogP contribution >= 0.6 is 0 Å². The van der Waals surface area contributed by atoms with Crippen LogP contribution in [0, 0.1) is 6.92 Å². The first-order chi connectivity index (χ1) is 7.84. The van der Waals surface area contributed by atoms with Gasteiger partial charge in [0.1, 0.15) is 5.76 Å². The van der Waals surface area contributed by atoms with Gasteiger partial charge in [-0.1, -0.05) is 6.42 Å². The lowest BCUT2D eigenvalue weighted by Crippen LogP contribution is -2.35. The van der Waals surface area contributed by atoms with Crippen LogP contribution in [0.1, 0.15) is 30.6 Å². The molecule has 0 unspecified atom stereocenters. The van der Waals surface area contributed by atoms with Crippen LogP contribution in [0.4, 0.5) is 0 Å². The Bertz CT molecular complexity index is 303. The lowest BCUT2D eigenvalue weighted by molar-refractivity contribution is 0.229. The molecule has 1 fully saturated rings. The topological polar surface area (TPSA) is 28.4 Å². The highest BCUT2D eigenvalue weighted by Crippen LogP contribution is 2.08. The van der Waals surface area contributed by atoms with Crippen LogP contribution in [0.2, 0.25) is 0 Å². The Hall–Kier alpha value is -0.800. The van der Waals surface area contributed by atoms with Crippen molar-refractivity contribution in [2.45, 2.75) is 32.7 Å². The van der Waals surface area contributed by atoms with Gasteiger partial charge in [0.05, 0.1) is 6.26 Å². The number of piperidine rings is 1. The van der Waals surface area contributed by atoms with Crippen LogP contribution in [-0.4, -0.2) is 31.1 Å². The van der Waals surface area contributed by atoms with E-state index in [0.717, 1.165) is 18.8 Å². The van der Waals surface area contributed by atoms with E-state index in [4.69, 9.17) is 4.42 Å². The van der Waals surface area contributed by atoms with Gasteiger partial charge >= 0.3 is 0 Å². The van der Waals surface area contributed by atoms with Gasteiger partial charge < -0.3 is 14.6 Å². The molecule has 0 spiro atoms. The van der Waals surface area contributed by atoms with Crippen LogP contribution in [0.3, 0.4) is 0 Å². The summed E-state index contributed by atoms with van der Waals surface area (Å²) in [5.74, 6) is 0.993. The average Bonchev–Trinajstić information content (AvgIpc) is 2.72. The van der Waals surface area contributed by atoms with Crippen molar-refractivity contribution < 1.29 is 4.42 Å². The number of furan rings is 1. The van der Waals surface area contributed by atoms with Gasteiger partial charge in [0.15, 0.2) is 0 Å². The Kier molecular flexibility index (Phi) is 4.43. The van der Waals surface area contributed by atoms with Gasteiger partial charge in [-0.2, -0.15) is 0 Å². The van der Waals surface area contributed by atoms with Gasteiger partial charge in [0.2, 0.25) is 0 Å². The van der Waals surface area contributed by atoms with Gasteiger partial charge in [-0.25, -0.2) is 0 Å². The first kappa shape index (κ1) is 11.7. The van der Waals surface area contributed by atoms with Crippen molar-refractivity contribution >= 4 is 0 Å². The van der Waals surface area contributed by atoms with Crippen molar-refractivity contribution in [1.82, 2.24) is 10.2 Å². The lowest BCUT2D eigenvalue weighted by Gasteiger charge is -2.26. The third-order valence-electron chi connectivity index (χ3n) is 3.17. The molecule has 3 heteroatoms. The SMILES string of the molecule is Cc1cc(CNCCN2CCCCC2)co1. The molecular formula is C13H22N2O. The van der Waals surface area contributed by atoms with Gasteiger partial charge in [0.25, 0.3) is 0 Å². The maximum absolute atomic E-state index is 5.26. The highest BCUT2D eigenvalue weighted by atomic mass is 16.3. The summed E-state index contributed by atoms with van der Waals surface area (Å²) in [4.78, 5) is 2.55. The number of rotatable bonds is 5.